The van der Waals surface area contributed by atoms with Crippen molar-refractivity contribution in [3.05, 3.63) is 54.0 Å². The monoisotopic (exact) mass is 376 g/mol. The zero-order valence-corrected chi connectivity index (χ0v) is 14.7. The van der Waals surface area contributed by atoms with Gasteiger partial charge in [0.15, 0.2) is 0 Å². The number of carbonyl (C=O) groups is 1. The van der Waals surface area contributed by atoms with Gasteiger partial charge >= 0.3 is 0 Å². The summed E-state index contributed by atoms with van der Waals surface area (Å²) in [6.07, 6.45) is 1.72. The summed E-state index contributed by atoms with van der Waals surface area (Å²) in [5.41, 5.74) is 2.49. The molecule has 7 nitrogen and oxygen atoms in total. The highest BCUT2D eigenvalue weighted by Gasteiger charge is 2.14. The molecule has 25 heavy (non-hydrogen) atoms. The van der Waals surface area contributed by atoms with E-state index in [1.807, 2.05) is 18.2 Å². The number of aromatic nitrogens is 2. The first-order valence-electron chi connectivity index (χ1n) is 7.47. The van der Waals surface area contributed by atoms with E-state index in [0.29, 0.717) is 5.69 Å². The van der Waals surface area contributed by atoms with Crippen molar-refractivity contribution >= 4 is 33.0 Å². The molecule has 0 spiro atoms. The van der Waals surface area contributed by atoms with Crippen LogP contribution in [0.2, 0.25) is 0 Å². The van der Waals surface area contributed by atoms with Gasteiger partial charge in [0.2, 0.25) is 15.9 Å². The van der Waals surface area contributed by atoms with Crippen molar-refractivity contribution in [2.24, 2.45) is 0 Å². The lowest BCUT2D eigenvalue weighted by Gasteiger charge is -2.07. The molecule has 2 aromatic heterocycles. The minimum absolute atomic E-state index is 0.0400. The minimum atomic E-state index is -3.54. The quantitative estimate of drug-likeness (QED) is 0.589. The summed E-state index contributed by atoms with van der Waals surface area (Å²) in [6, 6.07) is 12.3. The van der Waals surface area contributed by atoms with Gasteiger partial charge in [-0.05, 0) is 35.2 Å². The molecular weight excluding hydrogens is 360 g/mol. The Hall–Kier alpha value is -2.49. The zero-order valence-electron chi connectivity index (χ0n) is 13.1. The summed E-state index contributed by atoms with van der Waals surface area (Å²) in [7, 11) is -3.54. The van der Waals surface area contributed by atoms with Gasteiger partial charge < -0.3 is 5.32 Å². The van der Waals surface area contributed by atoms with Gasteiger partial charge in [0, 0.05) is 24.8 Å². The fourth-order valence-corrected chi connectivity index (χ4v) is 4.23. The molecule has 3 rings (SSSR count). The third kappa shape index (κ3) is 4.53. The Morgan fingerprint density at radius 1 is 1.16 bits per heavy atom. The van der Waals surface area contributed by atoms with E-state index in [1.165, 1.54) is 6.07 Å². The molecule has 1 aromatic carbocycles. The molecule has 0 saturated heterocycles. The summed E-state index contributed by atoms with van der Waals surface area (Å²) in [6.45, 7) is 0.0400. The summed E-state index contributed by atoms with van der Waals surface area (Å²) in [5.74, 6) is -0.261. The Morgan fingerprint density at radius 3 is 2.60 bits per heavy atom. The fourth-order valence-electron chi connectivity index (χ4n) is 2.16. The molecular formula is C16H16N4O3S2. The molecule has 0 aliphatic rings. The lowest BCUT2D eigenvalue weighted by atomic mass is 10.1. The standard InChI is InChI=1S/C16H16N4O3S2/c21-15(8-10-18-25(22,23)16-2-1-11-24-16)19-13-5-3-12(4-6-13)14-7-9-17-20-14/h1-7,9,11,18H,8,10H2,(H,17,20)(H,19,21). The number of thiophene rings is 1. The van der Waals surface area contributed by atoms with Crippen molar-refractivity contribution in [1.29, 1.82) is 0 Å². The number of aromatic amines is 1. The molecule has 3 aromatic rings. The van der Waals surface area contributed by atoms with Crippen LogP contribution in [0.15, 0.2) is 58.3 Å². The average molecular weight is 376 g/mol. The molecule has 0 fully saturated rings. The Bertz CT molecular complexity index is 918. The fraction of sp³-hybridized carbons (Fsp3) is 0.125. The second-order valence-corrected chi connectivity index (χ2v) is 8.12. The van der Waals surface area contributed by atoms with E-state index in [1.54, 1.807) is 29.8 Å². The Morgan fingerprint density at radius 2 is 1.96 bits per heavy atom. The molecule has 2 heterocycles. The van der Waals surface area contributed by atoms with Crippen molar-refractivity contribution in [2.75, 3.05) is 11.9 Å². The predicted molar refractivity (Wildman–Crippen MR) is 96.8 cm³/mol. The first-order chi connectivity index (χ1) is 12.0. The van der Waals surface area contributed by atoms with Crippen LogP contribution in [-0.4, -0.2) is 31.1 Å². The molecule has 0 radical (unpaired) electrons. The molecule has 0 unspecified atom stereocenters. The molecule has 0 aliphatic heterocycles. The predicted octanol–water partition coefficient (Wildman–Crippen LogP) is 2.45. The van der Waals surface area contributed by atoms with Crippen LogP contribution >= 0.6 is 11.3 Å². The number of H-pyrrole nitrogens is 1. The number of carbonyl (C=O) groups excluding carboxylic acids is 1. The highest BCUT2D eigenvalue weighted by molar-refractivity contribution is 7.91. The number of benzene rings is 1. The lowest BCUT2D eigenvalue weighted by Crippen LogP contribution is -2.27. The van der Waals surface area contributed by atoms with Crippen molar-refractivity contribution in [1.82, 2.24) is 14.9 Å². The van der Waals surface area contributed by atoms with Crippen molar-refractivity contribution in [3.8, 4) is 11.3 Å². The van der Waals surface area contributed by atoms with Crippen LogP contribution < -0.4 is 10.0 Å². The summed E-state index contributed by atoms with van der Waals surface area (Å²) in [5, 5.41) is 11.2. The topological polar surface area (TPSA) is 104 Å². The highest BCUT2D eigenvalue weighted by Crippen LogP contribution is 2.19. The van der Waals surface area contributed by atoms with E-state index in [2.05, 4.69) is 20.2 Å². The summed E-state index contributed by atoms with van der Waals surface area (Å²) >= 11 is 1.13. The van der Waals surface area contributed by atoms with Gasteiger partial charge in [0.25, 0.3) is 0 Å². The van der Waals surface area contributed by atoms with Crippen molar-refractivity contribution in [2.45, 2.75) is 10.6 Å². The molecule has 0 saturated carbocycles. The number of nitrogens with zero attached hydrogens (tertiary/aromatic N) is 1. The maximum atomic E-state index is 11.9. The van der Waals surface area contributed by atoms with Crippen molar-refractivity contribution in [3.63, 3.8) is 0 Å². The Labute approximate surface area is 149 Å². The maximum Gasteiger partial charge on any atom is 0.250 e. The number of rotatable bonds is 7. The Balaban J connectivity index is 1.49. The van der Waals surface area contributed by atoms with Crippen LogP contribution in [0.4, 0.5) is 5.69 Å². The van der Waals surface area contributed by atoms with Gasteiger partial charge in [-0.1, -0.05) is 18.2 Å². The minimum Gasteiger partial charge on any atom is -0.326 e. The van der Waals surface area contributed by atoms with Crippen LogP contribution in [0.5, 0.6) is 0 Å². The summed E-state index contributed by atoms with van der Waals surface area (Å²) < 4.78 is 26.5. The molecule has 0 bridgehead atoms. The van der Waals surface area contributed by atoms with Gasteiger partial charge in [-0.25, -0.2) is 13.1 Å². The van der Waals surface area contributed by atoms with E-state index >= 15 is 0 Å². The number of anilines is 1. The highest BCUT2D eigenvalue weighted by atomic mass is 32.2. The molecule has 3 N–H and O–H groups in total. The van der Waals surface area contributed by atoms with Crippen LogP contribution in [-0.2, 0) is 14.8 Å². The first kappa shape index (κ1) is 17.3. The summed E-state index contributed by atoms with van der Waals surface area (Å²) in [4.78, 5) is 11.9. The second kappa shape index (κ2) is 7.60. The van der Waals surface area contributed by atoms with E-state index in [-0.39, 0.29) is 23.1 Å². The number of hydrogen-bond donors (Lipinski definition) is 3. The second-order valence-electron chi connectivity index (χ2n) is 5.18. The lowest BCUT2D eigenvalue weighted by molar-refractivity contribution is -0.116. The normalized spacial score (nSPS) is 11.4. The van der Waals surface area contributed by atoms with E-state index in [4.69, 9.17) is 0 Å². The Kier molecular flexibility index (Phi) is 5.27. The molecule has 130 valence electrons. The van der Waals surface area contributed by atoms with Gasteiger partial charge in [-0.3, -0.25) is 9.89 Å². The SMILES string of the molecule is O=C(CCNS(=O)(=O)c1cccs1)Nc1ccc(-c2ccn[nH]2)cc1. The van der Waals surface area contributed by atoms with Crippen molar-refractivity contribution < 1.29 is 13.2 Å². The van der Waals surface area contributed by atoms with Gasteiger partial charge in [-0.15, -0.1) is 11.3 Å². The van der Waals surface area contributed by atoms with Crippen LogP contribution in [0.25, 0.3) is 11.3 Å². The van der Waals surface area contributed by atoms with E-state index in [0.717, 1.165) is 22.6 Å². The third-order valence-corrected chi connectivity index (χ3v) is 6.24. The van der Waals surface area contributed by atoms with Gasteiger partial charge in [0.05, 0.1) is 5.69 Å². The number of sulfonamides is 1. The number of hydrogen-bond acceptors (Lipinski definition) is 5. The van der Waals surface area contributed by atoms with Crippen LogP contribution in [0.1, 0.15) is 6.42 Å². The average Bonchev–Trinajstić information content (AvgIpc) is 3.29. The van der Waals surface area contributed by atoms with Gasteiger partial charge in [0.1, 0.15) is 4.21 Å². The molecule has 9 heteroatoms. The van der Waals surface area contributed by atoms with E-state index in [9.17, 15) is 13.2 Å². The molecule has 0 aliphatic carbocycles. The van der Waals surface area contributed by atoms with Crippen LogP contribution in [0.3, 0.4) is 0 Å². The van der Waals surface area contributed by atoms with Gasteiger partial charge in [-0.2, -0.15) is 5.10 Å². The number of amides is 1. The third-order valence-electron chi connectivity index (χ3n) is 3.38. The molecule has 1 amide bonds. The number of nitrogens with one attached hydrogen (secondary N) is 3. The largest absolute Gasteiger partial charge is 0.326 e. The molecule has 0 atom stereocenters. The van der Waals surface area contributed by atoms with Crippen LogP contribution in [0, 0.1) is 0 Å². The smallest absolute Gasteiger partial charge is 0.250 e. The zero-order chi connectivity index (χ0) is 17.7. The van der Waals surface area contributed by atoms with E-state index < -0.39 is 10.0 Å². The maximum absolute atomic E-state index is 11.9. The first-order valence-corrected chi connectivity index (χ1v) is 9.84.